The van der Waals surface area contributed by atoms with Gasteiger partial charge < -0.3 is 9.47 Å². The molecule has 0 aromatic carbocycles. The predicted molar refractivity (Wildman–Crippen MR) is 51.2 cm³/mol. The number of ether oxygens (including phenoxy) is 2. The van der Waals surface area contributed by atoms with Crippen molar-refractivity contribution in [2.24, 2.45) is 0 Å². The van der Waals surface area contributed by atoms with E-state index >= 15 is 0 Å². The summed E-state index contributed by atoms with van der Waals surface area (Å²) in [5, 5.41) is 0. The average molecular weight is 200 g/mol. The second kappa shape index (κ2) is 4.50. The van der Waals surface area contributed by atoms with Crippen molar-refractivity contribution in [1.82, 2.24) is 0 Å². The molecule has 3 nitrogen and oxygen atoms in total. The highest BCUT2D eigenvalue weighted by Gasteiger charge is 2.19. The molecule has 0 atom stereocenters. The average Bonchev–Trinajstić information content (AvgIpc) is 2.54. The third-order valence-electron chi connectivity index (χ3n) is 1.63. The highest BCUT2D eigenvalue weighted by molar-refractivity contribution is 7.14. The smallest absolute Gasteiger partial charge is 0.228 e. The second-order valence-electron chi connectivity index (χ2n) is 2.58. The fourth-order valence-electron chi connectivity index (χ4n) is 0.993. The van der Waals surface area contributed by atoms with Crippen molar-refractivity contribution >= 4 is 17.1 Å². The number of thiophene rings is 1. The molecule has 0 aliphatic heterocycles. The molecular weight excluding hydrogens is 188 g/mol. The second-order valence-corrected chi connectivity index (χ2v) is 3.87. The van der Waals surface area contributed by atoms with Gasteiger partial charge in [0.2, 0.25) is 12.1 Å². The van der Waals surface area contributed by atoms with E-state index in [0.717, 1.165) is 4.88 Å². The van der Waals surface area contributed by atoms with E-state index < -0.39 is 6.29 Å². The number of ketones is 1. The van der Waals surface area contributed by atoms with E-state index in [1.807, 2.05) is 13.0 Å². The van der Waals surface area contributed by atoms with Crippen LogP contribution >= 0.6 is 11.3 Å². The van der Waals surface area contributed by atoms with Crippen LogP contribution in [0.2, 0.25) is 0 Å². The fraction of sp³-hybridized carbons (Fsp3) is 0.444. The van der Waals surface area contributed by atoms with Crippen LogP contribution in [0.25, 0.3) is 0 Å². The van der Waals surface area contributed by atoms with E-state index in [0.29, 0.717) is 4.88 Å². The first-order valence-electron chi connectivity index (χ1n) is 3.85. The van der Waals surface area contributed by atoms with Crippen molar-refractivity contribution in [3.05, 3.63) is 21.9 Å². The predicted octanol–water partition coefficient (Wildman–Crippen LogP) is 1.86. The molecule has 1 rings (SSSR count). The zero-order valence-corrected chi connectivity index (χ0v) is 8.68. The molecule has 72 valence electrons. The van der Waals surface area contributed by atoms with Crippen molar-refractivity contribution in [2.75, 3.05) is 14.2 Å². The Morgan fingerprint density at radius 3 is 2.38 bits per heavy atom. The summed E-state index contributed by atoms with van der Waals surface area (Å²) in [6.45, 7) is 1.95. The molecule has 13 heavy (non-hydrogen) atoms. The van der Waals surface area contributed by atoms with E-state index in [4.69, 9.17) is 9.47 Å². The molecule has 0 N–H and O–H groups in total. The number of hydrogen-bond donors (Lipinski definition) is 0. The van der Waals surface area contributed by atoms with Gasteiger partial charge in [-0.2, -0.15) is 0 Å². The van der Waals surface area contributed by atoms with Crippen LogP contribution < -0.4 is 0 Å². The van der Waals surface area contributed by atoms with E-state index in [1.165, 1.54) is 25.6 Å². The van der Waals surface area contributed by atoms with Crippen molar-refractivity contribution in [3.63, 3.8) is 0 Å². The lowest BCUT2D eigenvalue weighted by molar-refractivity contribution is -0.0739. The Hall–Kier alpha value is -0.710. The van der Waals surface area contributed by atoms with Gasteiger partial charge in [-0.15, -0.1) is 11.3 Å². The number of carbonyl (C=O) groups is 1. The number of methoxy groups -OCH3 is 2. The molecule has 0 saturated carbocycles. The number of hydrogen-bond acceptors (Lipinski definition) is 4. The first-order chi connectivity index (χ1) is 6.19. The van der Waals surface area contributed by atoms with Gasteiger partial charge in [-0.05, 0) is 19.1 Å². The molecule has 1 aromatic heterocycles. The molecule has 0 amide bonds. The van der Waals surface area contributed by atoms with Gasteiger partial charge in [0.15, 0.2) is 0 Å². The highest BCUT2D eigenvalue weighted by Crippen LogP contribution is 2.17. The maximum atomic E-state index is 11.6. The summed E-state index contributed by atoms with van der Waals surface area (Å²) in [6.07, 6.45) is -0.780. The Morgan fingerprint density at radius 1 is 1.38 bits per heavy atom. The van der Waals surface area contributed by atoms with Crippen molar-refractivity contribution in [3.8, 4) is 0 Å². The minimum Gasteiger partial charge on any atom is -0.349 e. The van der Waals surface area contributed by atoms with Gasteiger partial charge in [0.25, 0.3) is 0 Å². The lowest BCUT2D eigenvalue weighted by Crippen LogP contribution is -2.24. The molecule has 0 bridgehead atoms. The first kappa shape index (κ1) is 10.4. The Bertz CT molecular complexity index is 289. The number of Topliss-reactive ketones (excluding diaryl/α,β-unsaturated/α-hetero) is 1. The molecule has 0 aliphatic carbocycles. The van der Waals surface area contributed by atoms with E-state index in [1.54, 1.807) is 6.07 Å². The third-order valence-corrected chi connectivity index (χ3v) is 2.64. The van der Waals surface area contributed by atoms with Crippen LogP contribution in [0.1, 0.15) is 14.5 Å². The number of carbonyl (C=O) groups excluding carboxylic acids is 1. The quantitative estimate of drug-likeness (QED) is 0.549. The third kappa shape index (κ3) is 2.37. The maximum absolute atomic E-state index is 11.6. The minimum atomic E-state index is -0.780. The monoisotopic (exact) mass is 200 g/mol. The molecule has 4 heteroatoms. The van der Waals surface area contributed by atoms with Gasteiger partial charge in [0.1, 0.15) is 0 Å². The zero-order chi connectivity index (χ0) is 9.84. The maximum Gasteiger partial charge on any atom is 0.228 e. The van der Waals surface area contributed by atoms with Gasteiger partial charge in [0, 0.05) is 19.1 Å². The summed E-state index contributed by atoms with van der Waals surface area (Å²) in [6, 6.07) is 3.69. The summed E-state index contributed by atoms with van der Waals surface area (Å²) in [4.78, 5) is 13.4. The fourth-order valence-corrected chi connectivity index (χ4v) is 1.81. The molecule has 0 aliphatic rings. The standard InChI is InChI=1S/C9H12O3S/c1-6-4-5-7(13-6)8(10)9(11-2)12-3/h4-5,9H,1-3H3. The van der Waals surface area contributed by atoms with Gasteiger partial charge in [-0.1, -0.05) is 0 Å². The minimum absolute atomic E-state index is 0.122. The molecule has 0 saturated heterocycles. The Kier molecular flexibility index (Phi) is 3.59. The van der Waals surface area contributed by atoms with Crippen LogP contribution in [-0.2, 0) is 9.47 Å². The normalized spacial score (nSPS) is 10.8. The van der Waals surface area contributed by atoms with Crippen LogP contribution in [0.5, 0.6) is 0 Å². The zero-order valence-electron chi connectivity index (χ0n) is 7.87. The summed E-state index contributed by atoms with van der Waals surface area (Å²) in [7, 11) is 2.90. The Morgan fingerprint density at radius 2 is 2.00 bits per heavy atom. The van der Waals surface area contributed by atoms with Gasteiger partial charge in [-0.25, -0.2) is 0 Å². The first-order valence-corrected chi connectivity index (χ1v) is 4.67. The SMILES string of the molecule is COC(OC)C(=O)c1ccc(C)s1. The van der Waals surface area contributed by atoms with Crippen LogP contribution in [0.3, 0.4) is 0 Å². The van der Waals surface area contributed by atoms with Crippen LogP contribution in [0.4, 0.5) is 0 Å². The molecule has 1 heterocycles. The topological polar surface area (TPSA) is 35.5 Å². The van der Waals surface area contributed by atoms with E-state index in [2.05, 4.69) is 0 Å². The lowest BCUT2D eigenvalue weighted by atomic mass is 10.3. The highest BCUT2D eigenvalue weighted by atomic mass is 32.1. The van der Waals surface area contributed by atoms with Gasteiger partial charge >= 0.3 is 0 Å². The van der Waals surface area contributed by atoms with Gasteiger partial charge in [0.05, 0.1) is 4.88 Å². The van der Waals surface area contributed by atoms with Crippen molar-refractivity contribution in [2.45, 2.75) is 13.2 Å². The Labute approximate surface area is 81.3 Å². The van der Waals surface area contributed by atoms with Crippen molar-refractivity contribution in [1.29, 1.82) is 0 Å². The molecule has 1 aromatic rings. The summed E-state index contributed by atoms with van der Waals surface area (Å²) >= 11 is 1.45. The largest absolute Gasteiger partial charge is 0.349 e. The summed E-state index contributed by atoms with van der Waals surface area (Å²) < 4.78 is 9.72. The summed E-state index contributed by atoms with van der Waals surface area (Å²) in [5.41, 5.74) is 0. The number of rotatable bonds is 4. The molecule has 0 radical (unpaired) electrons. The number of aryl methyl sites for hydroxylation is 1. The van der Waals surface area contributed by atoms with Crippen molar-refractivity contribution < 1.29 is 14.3 Å². The molecule has 0 spiro atoms. The van der Waals surface area contributed by atoms with E-state index in [-0.39, 0.29) is 5.78 Å². The van der Waals surface area contributed by atoms with Gasteiger partial charge in [-0.3, -0.25) is 4.79 Å². The van der Waals surface area contributed by atoms with E-state index in [9.17, 15) is 4.79 Å². The lowest BCUT2D eigenvalue weighted by Gasteiger charge is -2.09. The Balaban J connectivity index is 2.78. The molecule has 0 unspecified atom stereocenters. The summed E-state index contributed by atoms with van der Waals surface area (Å²) in [5.74, 6) is -0.122. The van der Waals surface area contributed by atoms with Crippen LogP contribution in [0.15, 0.2) is 12.1 Å². The van der Waals surface area contributed by atoms with Crippen LogP contribution in [-0.4, -0.2) is 26.3 Å². The molecular formula is C9H12O3S. The van der Waals surface area contributed by atoms with Crippen LogP contribution in [0, 0.1) is 6.92 Å². The molecule has 0 fully saturated rings.